The molecule has 0 aliphatic carbocycles. The van der Waals surface area contributed by atoms with E-state index in [9.17, 15) is 0 Å². The minimum atomic E-state index is -0.396. The summed E-state index contributed by atoms with van der Waals surface area (Å²) in [6.45, 7) is 31.4. The van der Waals surface area contributed by atoms with Gasteiger partial charge in [-0.05, 0) is 212 Å². The number of anilines is 9. The van der Waals surface area contributed by atoms with Gasteiger partial charge in [0, 0.05) is 66.5 Å². The standard InChI is InChI=1S/C50H57N3.C20H21N3.C10H13Br/c1-47(2,3)35-11-23-41(24-12-35)51-44-29-17-38(18-30-44)50(10,39-19-31-45(32-20-39)52-42-25-13-36(14-26-42)48(4,5)6)40-21-33-46(34-22-40)53-43-27-15-37(16-28-43)49(7,8)9;1-20(14-2-8-17(21)9-3-14,15-4-10-18(22)11-5-15)16-6-12-19(23)13-7-16;1-10(2,3)8-4-6-9(11)7-5-8/h11-34,51-53H,1-10H3;2-13H,21-23H2,1H3;4-7H,1-3H3. The number of halogens is 1. The molecule has 0 fully saturated rings. The van der Waals surface area contributed by atoms with Gasteiger partial charge in [-0.1, -0.05) is 220 Å². The van der Waals surface area contributed by atoms with Crippen molar-refractivity contribution >= 4 is 67.1 Å². The number of hydrogen-bond donors (Lipinski definition) is 6. The zero-order valence-electron chi connectivity index (χ0n) is 53.7. The molecule has 0 radical (unpaired) electrons. The Hall–Kier alpha value is -8.52. The van der Waals surface area contributed by atoms with Gasteiger partial charge in [-0.15, -0.1) is 0 Å². The van der Waals surface area contributed by atoms with E-state index in [4.69, 9.17) is 17.2 Å². The second-order valence-corrected chi connectivity index (χ2v) is 28.4. The van der Waals surface area contributed by atoms with Gasteiger partial charge in [0.1, 0.15) is 0 Å². The third-order valence-corrected chi connectivity index (χ3v) is 17.2. The van der Waals surface area contributed by atoms with Crippen LogP contribution in [0, 0.1) is 0 Å². The lowest BCUT2D eigenvalue weighted by atomic mass is 9.71. The summed E-state index contributed by atoms with van der Waals surface area (Å²) in [4.78, 5) is 0. The van der Waals surface area contributed by atoms with Crippen LogP contribution in [-0.4, -0.2) is 0 Å². The molecular weight excluding hydrogens is 1120 g/mol. The molecule has 10 rings (SSSR count). The molecule has 0 unspecified atom stereocenters. The van der Waals surface area contributed by atoms with Crippen LogP contribution in [0.15, 0.2) is 247 Å². The molecule has 10 aromatic rings. The highest BCUT2D eigenvalue weighted by molar-refractivity contribution is 9.10. The normalized spacial score (nSPS) is 12.0. The molecule has 0 aliphatic rings. The van der Waals surface area contributed by atoms with Crippen molar-refractivity contribution in [2.75, 3.05) is 33.2 Å². The second kappa shape index (κ2) is 26.6. The monoisotopic (exact) mass is 1210 g/mol. The van der Waals surface area contributed by atoms with E-state index < -0.39 is 5.41 Å². The van der Waals surface area contributed by atoms with E-state index in [1.54, 1.807) is 0 Å². The van der Waals surface area contributed by atoms with Gasteiger partial charge < -0.3 is 33.2 Å². The molecule has 0 atom stereocenters. The third-order valence-electron chi connectivity index (χ3n) is 16.7. The Kier molecular flexibility index (Phi) is 19.7. The molecule has 10 aromatic carbocycles. The largest absolute Gasteiger partial charge is 0.399 e. The van der Waals surface area contributed by atoms with Crippen molar-refractivity contribution in [2.24, 2.45) is 0 Å². The van der Waals surface area contributed by atoms with Crippen LogP contribution < -0.4 is 33.2 Å². The molecule has 0 saturated carbocycles. The van der Waals surface area contributed by atoms with Gasteiger partial charge in [0.15, 0.2) is 0 Å². The lowest BCUT2D eigenvalue weighted by molar-refractivity contribution is 0.590. The van der Waals surface area contributed by atoms with Gasteiger partial charge in [0.05, 0.1) is 0 Å². The lowest BCUT2D eigenvalue weighted by Crippen LogP contribution is -2.25. The summed E-state index contributed by atoms with van der Waals surface area (Å²) < 4.78 is 1.14. The summed E-state index contributed by atoms with van der Waals surface area (Å²) in [7, 11) is 0. The maximum absolute atomic E-state index is 5.85. The number of nitrogens with one attached hydrogen (secondary N) is 3. The smallest absolute Gasteiger partial charge is 0.0423 e. The number of hydrogen-bond acceptors (Lipinski definition) is 6. The first-order valence-electron chi connectivity index (χ1n) is 30.3. The van der Waals surface area contributed by atoms with E-state index in [0.29, 0.717) is 0 Å². The molecule has 0 aromatic heterocycles. The van der Waals surface area contributed by atoms with Crippen molar-refractivity contribution < 1.29 is 0 Å². The number of rotatable bonds is 12. The summed E-state index contributed by atoms with van der Waals surface area (Å²) in [6, 6.07) is 85.5. The number of nitrogen functional groups attached to an aromatic ring is 3. The van der Waals surface area contributed by atoms with E-state index >= 15 is 0 Å². The molecule has 0 heterocycles. The van der Waals surface area contributed by atoms with Crippen LogP contribution in [0.1, 0.15) is 153 Å². The first kappa shape index (κ1) is 64.5. The summed E-state index contributed by atoms with van der Waals surface area (Å²) in [5.74, 6) is 0. The van der Waals surface area contributed by atoms with Crippen LogP contribution in [0.2, 0.25) is 0 Å². The van der Waals surface area contributed by atoms with Crippen molar-refractivity contribution in [1.29, 1.82) is 0 Å². The fourth-order valence-corrected chi connectivity index (χ4v) is 11.0. The Morgan fingerprint density at radius 2 is 0.345 bits per heavy atom. The van der Waals surface area contributed by atoms with Crippen LogP contribution in [0.5, 0.6) is 0 Å². The Labute approximate surface area is 529 Å². The minimum Gasteiger partial charge on any atom is -0.399 e. The lowest BCUT2D eigenvalue weighted by Gasteiger charge is -2.32. The Bertz CT molecular complexity index is 3410. The van der Waals surface area contributed by atoms with Crippen molar-refractivity contribution in [3.8, 4) is 0 Å². The molecule has 0 aliphatic heterocycles. The predicted octanol–water partition coefficient (Wildman–Crippen LogP) is 21.7. The van der Waals surface area contributed by atoms with E-state index in [1.165, 1.54) is 55.6 Å². The van der Waals surface area contributed by atoms with E-state index in [0.717, 1.165) is 55.7 Å². The zero-order valence-corrected chi connectivity index (χ0v) is 55.3. The van der Waals surface area contributed by atoms with Gasteiger partial charge in [0.2, 0.25) is 0 Å². The maximum Gasteiger partial charge on any atom is 0.0423 e. The summed E-state index contributed by atoms with van der Waals surface area (Å²) in [6.07, 6.45) is 0. The van der Waals surface area contributed by atoms with Crippen LogP contribution in [-0.2, 0) is 32.5 Å². The van der Waals surface area contributed by atoms with E-state index in [2.05, 4.69) is 335 Å². The average Bonchev–Trinajstić information content (AvgIpc) is 1.11. The van der Waals surface area contributed by atoms with Crippen LogP contribution in [0.3, 0.4) is 0 Å². The molecule has 7 heteroatoms. The van der Waals surface area contributed by atoms with Crippen LogP contribution >= 0.6 is 15.9 Å². The molecule has 448 valence electrons. The highest BCUT2D eigenvalue weighted by Gasteiger charge is 2.33. The average molecular weight is 1220 g/mol. The first-order valence-corrected chi connectivity index (χ1v) is 31.1. The Balaban J connectivity index is 0.000000234. The summed E-state index contributed by atoms with van der Waals surface area (Å²) >= 11 is 3.41. The van der Waals surface area contributed by atoms with Gasteiger partial charge in [-0.2, -0.15) is 0 Å². The fraction of sp³-hybridized carbons (Fsp3) is 0.250. The highest BCUT2D eigenvalue weighted by Crippen LogP contribution is 2.42. The number of benzene rings is 10. The topological polar surface area (TPSA) is 114 Å². The van der Waals surface area contributed by atoms with E-state index in [-0.39, 0.29) is 27.1 Å². The Morgan fingerprint density at radius 3 is 0.506 bits per heavy atom. The van der Waals surface area contributed by atoms with Crippen molar-refractivity contribution in [1.82, 2.24) is 0 Å². The van der Waals surface area contributed by atoms with Crippen molar-refractivity contribution in [2.45, 2.75) is 129 Å². The summed E-state index contributed by atoms with van der Waals surface area (Å²) in [5.41, 5.74) is 38.7. The molecule has 0 amide bonds. The zero-order chi connectivity index (χ0) is 63.0. The molecule has 9 N–H and O–H groups in total. The second-order valence-electron chi connectivity index (χ2n) is 27.5. The van der Waals surface area contributed by atoms with Crippen LogP contribution in [0.4, 0.5) is 51.2 Å². The predicted molar refractivity (Wildman–Crippen MR) is 381 cm³/mol. The Morgan fingerprint density at radius 1 is 0.207 bits per heavy atom. The van der Waals surface area contributed by atoms with Gasteiger partial charge in [0.25, 0.3) is 0 Å². The SMILES string of the molecule is CC(C)(C)c1ccc(Br)cc1.CC(C)(C)c1ccc(Nc2ccc(C(C)(c3ccc(Nc4ccc(C(C)(C)C)cc4)cc3)c3ccc(Nc4ccc(C(C)(C)C)cc4)cc3)cc2)cc1.CC(c1ccc(N)cc1)(c1ccc(N)cc1)c1ccc(N)cc1. The molecule has 6 nitrogen and oxygen atoms in total. The minimum absolute atomic E-state index is 0.128. The van der Waals surface area contributed by atoms with Crippen LogP contribution in [0.25, 0.3) is 0 Å². The van der Waals surface area contributed by atoms with Gasteiger partial charge in [-0.25, -0.2) is 0 Å². The van der Waals surface area contributed by atoms with Gasteiger partial charge in [-0.3, -0.25) is 0 Å². The quantitative estimate of drug-likeness (QED) is 0.0537. The highest BCUT2D eigenvalue weighted by atomic mass is 79.9. The van der Waals surface area contributed by atoms with Gasteiger partial charge >= 0.3 is 0 Å². The molecular formula is C80H91BrN6. The van der Waals surface area contributed by atoms with E-state index in [1.807, 2.05) is 36.4 Å². The first-order chi connectivity index (χ1) is 41.0. The number of nitrogens with two attached hydrogens (primary N) is 3. The molecule has 0 spiro atoms. The molecule has 87 heavy (non-hydrogen) atoms. The maximum atomic E-state index is 5.85. The van der Waals surface area contributed by atoms with Crippen molar-refractivity contribution in [3.63, 3.8) is 0 Å². The molecule has 0 saturated heterocycles. The third kappa shape index (κ3) is 16.5. The fourth-order valence-electron chi connectivity index (χ4n) is 10.7. The summed E-state index contributed by atoms with van der Waals surface area (Å²) in [5, 5.41) is 10.8. The molecule has 0 bridgehead atoms. The van der Waals surface area contributed by atoms with Crippen molar-refractivity contribution in [3.05, 3.63) is 303 Å².